The van der Waals surface area contributed by atoms with Gasteiger partial charge >= 0.3 is 0 Å². The summed E-state index contributed by atoms with van der Waals surface area (Å²) in [7, 11) is 0. The number of piperidine rings is 2. The zero-order chi connectivity index (χ0) is 40.3. The van der Waals surface area contributed by atoms with E-state index in [-0.39, 0.29) is 47.3 Å². The lowest BCUT2D eigenvalue weighted by Gasteiger charge is -2.38. The van der Waals surface area contributed by atoms with Gasteiger partial charge in [-0.1, -0.05) is 104 Å². The Morgan fingerprint density at radius 3 is 1.14 bits per heavy atom. The van der Waals surface area contributed by atoms with Gasteiger partial charge in [0.15, 0.2) is 0 Å². The fourth-order valence-electron chi connectivity index (χ4n) is 8.40. The van der Waals surface area contributed by atoms with Crippen molar-refractivity contribution in [1.82, 2.24) is 9.80 Å². The Hall–Kier alpha value is -3.16. The van der Waals surface area contributed by atoms with E-state index in [1.54, 1.807) is 24.3 Å². The Labute approximate surface area is 361 Å². The highest BCUT2D eigenvalue weighted by Crippen LogP contribution is 2.36. The van der Waals surface area contributed by atoms with Crippen LogP contribution in [0.5, 0.6) is 11.5 Å². The number of likely N-dealkylation sites (tertiary alicyclic amines) is 2. The molecule has 320 valence electrons. The summed E-state index contributed by atoms with van der Waals surface area (Å²) in [5.74, 6) is 3.18. The number of ether oxygens (including phenoxy) is 2. The van der Waals surface area contributed by atoms with Crippen molar-refractivity contribution in [3.63, 3.8) is 0 Å². The molecule has 2 fully saturated rings. The van der Waals surface area contributed by atoms with Gasteiger partial charge < -0.3 is 19.3 Å². The second kappa shape index (κ2) is 23.0. The van der Waals surface area contributed by atoms with Gasteiger partial charge in [0.05, 0.1) is 13.2 Å². The number of benzene rings is 4. The molecule has 6 rings (SSSR count). The van der Waals surface area contributed by atoms with E-state index in [9.17, 15) is 8.78 Å². The van der Waals surface area contributed by atoms with E-state index < -0.39 is 0 Å². The maximum Gasteiger partial charge on any atom is 0.123 e. The van der Waals surface area contributed by atoms with Gasteiger partial charge in [-0.2, -0.15) is 0 Å². The predicted octanol–water partition coefficient (Wildman–Crippen LogP) is 12.9. The summed E-state index contributed by atoms with van der Waals surface area (Å²) >= 11 is 0. The van der Waals surface area contributed by atoms with Crippen LogP contribution in [0.1, 0.15) is 115 Å². The molecular formula is C50H70Cl2F2N2O2. The second-order valence-electron chi connectivity index (χ2n) is 18.2. The standard InChI is InChI=1S/2C25H34FNO.2ClH/c2*1-5-15-27-16-14-24(19-6-10-22(26)11-7-19)20(17-27)18-28-23-12-8-21(9-13-23)25(2,3)4;;/h2*6-13,20,24H,5,14-18H2,1-4H3;2*1H/t2*20-,24-;;/m00../s1. The molecule has 0 unspecified atom stereocenters. The monoisotopic (exact) mass is 838 g/mol. The number of hydrogen-bond donors (Lipinski definition) is 0. The van der Waals surface area contributed by atoms with Crippen molar-refractivity contribution < 1.29 is 18.3 Å². The molecule has 0 radical (unpaired) electrons. The molecule has 2 aliphatic rings. The first-order valence-corrected chi connectivity index (χ1v) is 21.2. The van der Waals surface area contributed by atoms with Crippen molar-refractivity contribution in [1.29, 1.82) is 0 Å². The summed E-state index contributed by atoms with van der Waals surface area (Å²) in [4.78, 5) is 5.08. The average Bonchev–Trinajstić information content (AvgIpc) is 3.17. The molecule has 0 spiro atoms. The highest BCUT2D eigenvalue weighted by atomic mass is 35.5. The topological polar surface area (TPSA) is 24.9 Å². The van der Waals surface area contributed by atoms with E-state index in [2.05, 4.69) is 114 Å². The van der Waals surface area contributed by atoms with Crippen LogP contribution >= 0.6 is 24.8 Å². The lowest BCUT2D eigenvalue weighted by atomic mass is 9.80. The van der Waals surface area contributed by atoms with Gasteiger partial charge in [-0.05, 0) is 145 Å². The third-order valence-corrected chi connectivity index (χ3v) is 11.7. The van der Waals surface area contributed by atoms with Crippen molar-refractivity contribution in [2.75, 3.05) is 52.5 Å². The van der Waals surface area contributed by atoms with E-state index in [1.807, 2.05) is 24.3 Å². The first-order chi connectivity index (χ1) is 26.7. The number of rotatable bonds is 12. The summed E-state index contributed by atoms with van der Waals surface area (Å²) in [6.45, 7) is 25.7. The van der Waals surface area contributed by atoms with E-state index >= 15 is 0 Å². The van der Waals surface area contributed by atoms with Crippen LogP contribution in [0.2, 0.25) is 0 Å². The van der Waals surface area contributed by atoms with Crippen molar-refractivity contribution in [2.45, 2.75) is 104 Å². The van der Waals surface area contributed by atoms with E-state index in [1.165, 1.54) is 35.1 Å². The minimum atomic E-state index is -0.168. The second-order valence-corrected chi connectivity index (χ2v) is 18.2. The predicted molar refractivity (Wildman–Crippen MR) is 244 cm³/mol. The molecule has 0 saturated carbocycles. The molecule has 0 aromatic heterocycles. The molecule has 2 saturated heterocycles. The van der Waals surface area contributed by atoms with E-state index in [0.717, 1.165) is 63.6 Å². The fourth-order valence-corrected chi connectivity index (χ4v) is 8.40. The minimum Gasteiger partial charge on any atom is -0.493 e. The zero-order valence-corrected chi connectivity index (χ0v) is 37.9. The Kier molecular flexibility index (Phi) is 19.5. The summed E-state index contributed by atoms with van der Waals surface area (Å²) < 4.78 is 39.2. The lowest BCUT2D eigenvalue weighted by molar-refractivity contribution is 0.111. The molecule has 4 aromatic carbocycles. The van der Waals surface area contributed by atoms with Crippen LogP contribution in [0.4, 0.5) is 8.78 Å². The number of nitrogens with zero attached hydrogens (tertiary/aromatic N) is 2. The molecular weight excluding hydrogens is 769 g/mol. The molecule has 58 heavy (non-hydrogen) atoms. The van der Waals surface area contributed by atoms with Gasteiger partial charge in [-0.3, -0.25) is 0 Å². The lowest BCUT2D eigenvalue weighted by Crippen LogP contribution is -2.42. The fraction of sp³-hybridized carbons (Fsp3) is 0.520. The van der Waals surface area contributed by atoms with Gasteiger partial charge in [0, 0.05) is 24.9 Å². The summed E-state index contributed by atoms with van der Waals surface area (Å²) in [6.07, 6.45) is 4.54. The molecule has 0 aliphatic carbocycles. The Balaban J connectivity index is 0.000000300. The molecule has 4 aromatic rings. The maximum absolute atomic E-state index is 13.4. The Bertz CT molecular complexity index is 1610. The molecule has 0 bridgehead atoms. The Morgan fingerprint density at radius 1 is 0.517 bits per heavy atom. The smallest absolute Gasteiger partial charge is 0.123 e. The summed E-state index contributed by atoms with van der Waals surface area (Å²) in [6, 6.07) is 31.1. The molecule has 4 atom stereocenters. The average molecular weight is 840 g/mol. The third kappa shape index (κ3) is 14.5. The van der Waals surface area contributed by atoms with Gasteiger partial charge in [-0.25, -0.2) is 8.78 Å². The molecule has 2 aliphatic heterocycles. The van der Waals surface area contributed by atoms with E-state index in [4.69, 9.17) is 9.47 Å². The quantitative estimate of drug-likeness (QED) is 0.142. The maximum atomic E-state index is 13.4. The van der Waals surface area contributed by atoms with Crippen LogP contribution in [-0.4, -0.2) is 62.3 Å². The van der Waals surface area contributed by atoms with Gasteiger partial charge in [0.2, 0.25) is 0 Å². The number of hydrogen-bond acceptors (Lipinski definition) is 4. The van der Waals surface area contributed by atoms with Crippen LogP contribution in [0.25, 0.3) is 0 Å². The van der Waals surface area contributed by atoms with Crippen molar-refractivity contribution >= 4 is 24.8 Å². The summed E-state index contributed by atoms with van der Waals surface area (Å²) in [5.41, 5.74) is 5.39. The first-order valence-electron chi connectivity index (χ1n) is 21.2. The van der Waals surface area contributed by atoms with Crippen LogP contribution in [0.15, 0.2) is 97.1 Å². The normalized spacial score (nSPS) is 20.2. The highest BCUT2D eigenvalue weighted by Gasteiger charge is 2.32. The van der Waals surface area contributed by atoms with Crippen molar-refractivity contribution in [2.24, 2.45) is 11.8 Å². The van der Waals surface area contributed by atoms with Crippen LogP contribution < -0.4 is 9.47 Å². The largest absolute Gasteiger partial charge is 0.493 e. The SMILES string of the molecule is CCCN1CC[C@@H](c2ccc(F)cc2)[C@H](COc2ccc(C(C)(C)C)cc2)C1.CCCN1CC[C@@H](c2ccc(F)cc2)[C@H](COc2ccc(C(C)(C)C)cc2)C1.Cl.Cl. The number of halogens is 4. The van der Waals surface area contributed by atoms with Crippen molar-refractivity contribution in [3.05, 3.63) is 131 Å². The molecule has 0 amide bonds. The molecule has 8 heteroatoms. The summed E-state index contributed by atoms with van der Waals surface area (Å²) in [5, 5.41) is 0. The Morgan fingerprint density at radius 2 is 0.845 bits per heavy atom. The minimum absolute atomic E-state index is 0. The van der Waals surface area contributed by atoms with Gasteiger partial charge in [0.1, 0.15) is 23.1 Å². The zero-order valence-electron chi connectivity index (χ0n) is 36.3. The third-order valence-electron chi connectivity index (χ3n) is 11.7. The highest BCUT2D eigenvalue weighted by molar-refractivity contribution is 5.85. The molecule has 2 heterocycles. The van der Waals surface area contributed by atoms with Crippen LogP contribution in [-0.2, 0) is 10.8 Å². The van der Waals surface area contributed by atoms with Crippen molar-refractivity contribution in [3.8, 4) is 11.5 Å². The molecule has 4 nitrogen and oxygen atoms in total. The first kappa shape index (κ1) is 49.2. The van der Waals surface area contributed by atoms with Gasteiger partial charge in [-0.15, -0.1) is 24.8 Å². The van der Waals surface area contributed by atoms with Crippen LogP contribution in [0, 0.1) is 23.5 Å². The molecule has 0 N–H and O–H groups in total. The van der Waals surface area contributed by atoms with Crippen LogP contribution in [0.3, 0.4) is 0 Å². The van der Waals surface area contributed by atoms with Gasteiger partial charge in [0.25, 0.3) is 0 Å². The van der Waals surface area contributed by atoms with E-state index in [0.29, 0.717) is 36.9 Å².